The van der Waals surface area contributed by atoms with Crippen molar-refractivity contribution in [2.24, 2.45) is 5.92 Å². The van der Waals surface area contributed by atoms with Crippen molar-refractivity contribution in [3.05, 3.63) is 34.9 Å². The molecule has 0 aliphatic carbocycles. The van der Waals surface area contributed by atoms with Gasteiger partial charge in [0.1, 0.15) is 0 Å². The van der Waals surface area contributed by atoms with E-state index in [0.717, 1.165) is 43.4 Å². The van der Waals surface area contributed by atoms with E-state index in [0.29, 0.717) is 11.8 Å². The summed E-state index contributed by atoms with van der Waals surface area (Å²) in [6.45, 7) is 1.80. The molecule has 1 nitrogen and oxygen atoms in total. The predicted molar refractivity (Wildman–Crippen MR) is 73.1 cm³/mol. The van der Waals surface area contributed by atoms with Crippen LogP contribution in [0, 0.1) is 5.92 Å². The fourth-order valence-corrected chi connectivity index (χ4v) is 2.94. The van der Waals surface area contributed by atoms with Crippen LogP contribution in [0.3, 0.4) is 0 Å². The van der Waals surface area contributed by atoms with Crippen LogP contribution in [0.15, 0.2) is 24.3 Å². The second-order valence-electron chi connectivity index (χ2n) is 4.70. The lowest BCUT2D eigenvalue weighted by molar-refractivity contribution is 0.0622. The summed E-state index contributed by atoms with van der Waals surface area (Å²) in [6, 6.07) is 8.07. The Hall–Kier alpha value is -0.240. The number of hydrogen-bond acceptors (Lipinski definition) is 1. The number of benzene rings is 1. The largest absolute Gasteiger partial charge is 0.381 e. The van der Waals surface area contributed by atoms with E-state index in [1.54, 1.807) is 0 Å². The summed E-state index contributed by atoms with van der Waals surface area (Å²) in [5.74, 6) is 1.82. The Morgan fingerprint density at radius 3 is 2.71 bits per heavy atom. The minimum atomic E-state index is 0.415. The SMILES string of the molecule is ClCC(CC1CCOCC1)c1cccc(Cl)c1. The summed E-state index contributed by atoms with van der Waals surface area (Å²) in [4.78, 5) is 0. The standard InChI is InChI=1S/C14H18Cl2O/c15-10-13(8-11-4-6-17-7-5-11)12-2-1-3-14(16)9-12/h1-3,9,11,13H,4-8,10H2. The summed E-state index contributed by atoms with van der Waals surface area (Å²) < 4.78 is 5.39. The van der Waals surface area contributed by atoms with Crippen molar-refractivity contribution < 1.29 is 4.74 Å². The third kappa shape index (κ3) is 3.87. The first-order chi connectivity index (χ1) is 8.29. The second kappa shape index (κ2) is 6.63. The van der Waals surface area contributed by atoms with Crippen LogP contribution in [0.4, 0.5) is 0 Å². The van der Waals surface area contributed by atoms with Gasteiger partial charge in [-0.25, -0.2) is 0 Å². The molecule has 3 heteroatoms. The summed E-state index contributed by atoms with van der Waals surface area (Å²) in [5, 5.41) is 0.796. The molecule has 0 aromatic heterocycles. The monoisotopic (exact) mass is 272 g/mol. The zero-order chi connectivity index (χ0) is 12.1. The lowest BCUT2D eigenvalue weighted by atomic mass is 9.86. The van der Waals surface area contributed by atoms with Crippen molar-refractivity contribution in [1.82, 2.24) is 0 Å². The summed E-state index contributed by atoms with van der Waals surface area (Å²) >= 11 is 12.1. The number of alkyl halides is 1. The van der Waals surface area contributed by atoms with Crippen molar-refractivity contribution in [1.29, 1.82) is 0 Å². The Morgan fingerprint density at radius 2 is 2.06 bits per heavy atom. The van der Waals surface area contributed by atoms with E-state index in [4.69, 9.17) is 27.9 Å². The molecule has 1 aliphatic rings. The number of rotatable bonds is 4. The number of ether oxygens (including phenoxy) is 1. The van der Waals surface area contributed by atoms with Crippen molar-refractivity contribution in [2.45, 2.75) is 25.2 Å². The third-order valence-electron chi connectivity index (χ3n) is 3.47. The Morgan fingerprint density at radius 1 is 1.29 bits per heavy atom. The van der Waals surface area contributed by atoms with Crippen molar-refractivity contribution in [3.8, 4) is 0 Å². The smallest absolute Gasteiger partial charge is 0.0468 e. The average Bonchev–Trinajstić information content (AvgIpc) is 2.37. The molecule has 2 rings (SSSR count). The van der Waals surface area contributed by atoms with Gasteiger partial charge in [-0.15, -0.1) is 11.6 Å². The molecule has 94 valence electrons. The molecule has 1 aliphatic heterocycles. The molecule has 1 aromatic rings. The first kappa shape index (κ1) is 13.2. The summed E-state index contributed by atoms with van der Waals surface area (Å²) in [6.07, 6.45) is 3.47. The lowest BCUT2D eigenvalue weighted by Gasteiger charge is -2.26. The molecule has 17 heavy (non-hydrogen) atoms. The second-order valence-corrected chi connectivity index (χ2v) is 5.44. The molecule has 1 fully saturated rings. The topological polar surface area (TPSA) is 9.23 Å². The predicted octanol–water partition coefficient (Wildman–Crippen LogP) is 4.48. The maximum absolute atomic E-state index is 6.10. The quantitative estimate of drug-likeness (QED) is 0.735. The van der Waals surface area contributed by atoms with Gasteiger partial charge in [-0.2, -0.15) is 0 Å². The van der Waals surface area contributed by atoms with Gasteiger partial charge in [0, 0.05) is 24.1 Å². The van der Waals surface area contributed by atoms with E-state index in [-0.39, 0.29) is 0 Å². The zero-order valence-electron chi connectivity index (χ0n) is 9.87. The molecule has 0 N–H and O–H groups in total. The van der Waals surface area contributed by atoms with Crippen LogP contribution in [0.5, 0.6) is 0 Å². The van der Waals surface area contributed by atoms with Crippen LogP contribution < -0.4 is 0 Å². The van der Waals surface area contributed by atoms with E-state index in [2.05, 4.69) is 6.07 Å². The molecule has 0 radical (unpaired) electrons. The Kier molecular flexibility index (Phi) is 5.15. The summed E-state index contributed by atoms with van der Waals surface area (Å²) in [5.41, 5.74) is 1.26. The molecule has 0 bridgehead atoms. The van der Waals surface area contributed by atoms with E-state index in [9.17, 15) is 0 Å². The van der Waals surface area contributed by atoms with Crippen LogP contribution in [0.2, 0.25) is 5.02 Å². The van der Waals surface area contributed by atoms with E-state index in [1.807, 2.05) is 18.2 Å². The molecule has 0 amide bonds. The van der Waals surface area contributed by atoms with Gasteiger partial charge < -0.3 is 4.74 Å². The molecular weight excluding hydrogens is 255 g/mol. The highest BCUT2D eigenvalue weighted by Crippen LogP contribution is 2.31. The Bertz CT molecular complexity index is 348. The first-order valence-electron chi connectivity index (χ1n) is 6.18. The van der Waals surface area contributed by atoms with Crippen LogP contribution in [-0.2, 0) is 4.74 Å². The summed E-state index contributed by atoms with van der Waals surface area (Å²) in [7, 11) is 0. The van der Waals surface area contributed by atoms with Crippen molar-refractivity contribution in [3.63, 3.8) is 0 Å². The first-order valence-corrected chi connectivity index (χ1v) is 7.10. The maximum atomic E-state index is 6.10. The molecule has 1 saturated heterocycles. The fourth-order valence-electron chi connectivity index (χ4n) is 2.43. The zero-order valence-corrected chi connectivity index (χ0v) is 11.4. The van der Waals surface area contributed by atoms with Crippen molar-refractivity contribution in [2.75, 3.05) is 19.1 Å². The van der Waals surface area contributed by atoms with Crippen LogP contribution in [0.1, 0.15) is 30.7 Å². The molecule has 0 saturated carbocycles. The molecular formula is C14H18Cl2O. The third-order valence-corrected chi connectivity index (χ3v) is 4.07. The van der Waals surface area contributed by atoms with Gasteiger partial charge in [0.2, 0.25) is 0 Å². The van der Waals surface area contributed by atoms with E-state index < -0.39 is 0 Å². The molecule has 1 heterocycles. The van der Waals surface area contributed by atoms with Gasteiger partial charge in [-0.3, -0.25) is 0 Å². The highest BCUT2D eigenvalue weighted by Gasteiger charge is 2.20. The molecule has 1 aromatic carbocycles. The van der Waals surface area contributed by atoms with Gasteiger partial charge in [-0.1, -0.05) is 23.7 Å². The van der Waals surface area contributed by atoms with Gasteiger partial charge in [0.25, 0.3) is 0 Å². The minimum absolute atomic E-state index is 0.415. The Balaban J connectivity index is 2.00. The molecule has 1 unspecified atom stereocenters. The number of halogens is 2. The fraction of sp³-hybridized carbons (Fsp3) is 0.571. The van der Waals surface area contributed by atoms with Crippen LogP contribution >= 0.6 is 23.2 Å². The number of hydrogen-bond donors (Lipinski definition) is 0. The van der Waals surface area contributed by atoms with Gasteiger partial charge in [-0.05, 0) is 48.8 Å². The van der Waals surface area contributed by atoms with E-state index in [1.165, 1.54) is 5.56 Å². The van der Waals surface area contributed by atoms with Gasteiger partial charge in [0.15, 0.2) is 0 Å². The molecule has 1 atom stereocenters. The maximum Gasteiger partial charge on any atom is 0.0468 e. The van der Waals surface area contributed by atoms with Gasteiger partial charge in [0.05, 0.1) is 0 Å². The highest BCUT2D eigenvalue weighted by atomic mass is 35.5. The van der Waals surface area contributed by atoms with E-state index >= 15 is 0 Å². The van der Waals surface area contributed by atoms with Gasteiger partial charge >= 0.3 is 0 Å². The average molecular weight is 273 g/mol. The van der Waals surface area contributed by atoms with Crippen molar-refractivity contribution >= 4 is 23.2 Å². The van der Waals surface area contributed by atoms with Crippen LogP contribution in [-0.4, -0.2) is 19.1 Å². The minimum Gasteiger partial charge on any atom is -0.381 e. The Labute approximate surface area is 113 Å². The van der Waals surface area contributed by atoms with Crippen LogP contribution in [0.25, 0.3) is 0 Å². The highest BCUT2D eigenvalue weighted by molar-refractivity contribution is 6.30. The normalized spacial score (nSPS) is 19.2. The lowest BCUT2D eigenvalue weighted by Crippen LogP contribution is -2.18. The molecule has 0 spiro atoms.